The highest BCUT2D eigenvalue weighted by Crippen LogP contribution is 2.08. The summed E-state index contributed by atoms with van der Waals surface area (Å²) in [5.41, 5.74) is 1.16. The van der Waals surface area contributed by atoms with Gasteiger partial charge in [-0.2, -0.15) is 0 Å². The molecule has 0 radical (unpaired) electrons. The normalized spacial score (nSPS) is 6.75. The van der Waals surface area contributed by atoms with Crippen LogP contribution in [0.2, 0.25) is 0 Å². The van der Waals surface area contributed by atoms with Gasteiger partial charge in [0.1, 0.15) is 0 Å². The number of rotatable bonds is 2. The molecule has 0 aliphatic carbocycles. The first-order valence-corrected chi connectivity index (χ1v) is 4.00. The third-order valence-corrected chi connectivity index (χ3v) is 1.43. The van der Waals surface area contributed by atoms with Crippen molar-refractivity contribution in [1.82, 2.24) is 0 Å². The Morgan fingerprint density at radius 1 is 1.00 bits per heavy atom. The number of benzene rings is 1. The van der Waals surface area contributed by atoms with E-state index < -0.39 is 0 Å². The molecule has 1 nitrogen and oxygen atoms in total. The van der Waals surface area contributed by atoms with Crippen LogP contribution in [-0.4, -0.2) is 6.26 Å². The van der Waals surface area contributed by atoms with Crippen LogP contribution in [0.25, 0.3) is 0 Å². The van der Waals surface area contributed by atoms with E-state index in [-0.39, 0.29) is 14.1 Å². The molecule has 0 aliphatic heterocycles. The molecule has 0 fully saturated rings. The zero-order valence-electron chi connectivity index (χ0n) is 6.43. The highest BCUT2D eigenvalue weighted by Gasteiger charge is 1.82. The molecule has 0 spiro atoms. The van der Waals surface area contributed by atoms with E-state index in [2.05, 4.69) is 4.72 Å². The van der Waals surface area contributed by atoms with Gasteiger partial charge in [-0.05, 0) is 12.1 Å². The van der Waals surface area contributed by atoms with Crippen molar-refractivity contribution >= 4 is 17.6 Å². The predicted molar refractivity (Wildman–Crippen MR) is 43.6 cm³/mol. The number of halogens is 3. The van der Waals surface area contributed by atoms with Crippen molar-refractivity contribution < 1.29 is 14.1 Å². The van der Waals surface area contributed by atoms with Crippen molar-refractivity contribution in [2.24, 2.45) is 0 Å². The molecule has 1 aromatic carbocycles. The molecule has 1 rings (SSSR count). The standard InChI is InChI=1S/C7H9NS.3FH/c1-9-8-7-5-3-2-4-6-7;;;/h2-6,8H,1H3;3*1H/p-3. The molecule has 0 aromatic heterocycles. The van der Waals surface area contributed by atoms with Crippen LogP contribution in [0.5, 0.6) is 0 Å². The summed E-state index contributed by atoms with van der Waals surface area (Å²) >= 11 is 1.60. The molecular weight excluding hydrogens is 187 g/mol. The van der Waals surface area contributed by atoms with E-state index in [4.69, 9.17) is 0 Å². The molecule has 0 unspecified atom stereocenters. The van der Waals surface area contributed by atoms with Gasteiger partial charge in [-0.1, -0.05) is 30.1 Å². The fourth-order valence-electron chi connectivity index (χ4n) is 0.624. The first-order chi connectivity index (χ1) is 4.43. The van der Waals surface area contributed by atoms with Crippen molar-refractivity contribution in [3.63, 3.8) is 0 Å². The lowest BCUT2D eigenvalue weighted by Crippen LogP contribution is -3.00. The fraction of sp³-hybridized carbons (Fsp3) is 0.143. The van der Waals surface area contributed by atoms with Crippen molar-refractivity contribution in [1.29, 1.82) is 0 Å². The van der Waals surface area contributed by atoms with Crippen molar-refractivity contribution in [2.45, 2.75) is 0 Å². The van der Waals surface area contributed by atoms with Gasteiger partial charge in [0.15, 0.2) is 0 Å². The Balaban J connectivity index is -0.000000270. The van der Waals surface area contributed by atoms with Crippen LogP contribution >= 0.6 is 11.9 Å². The van der Waals surface area contributed by atoms with E-state index in [1.54, 1.807) is 11.9 Å². The highest BCUT2D eigenvalue weighted by molar-refractivity contribution is 7.99. The minimum absolute atomic E-state index is 0. The predicted octanol–water partition coefficient (Wildman–Crippen LogP) is -6.61. The number of anilines is 1. The molecule has 1 N–H and O–H groups in total. The molecule has 12 heavy (non-hydrogen) atoms. The van der Waals surface area contributed by atoms with Crippen LogP contribution < -0.4 is 18.8 Å². The molecule has 72 valence electrons. The number of para-hydroxylation sites is 1. The van der Waals surface area contributed by atoms with Gasteiger partial charge in [0, 0.05) is 11.9 Å². The molecule has 0 aliphatic rings. The van der Waals surface area contributed by atoms with Crippen molar-refractivity contribution in [3.05, 3.63) is 30.3 Å². The van der Waals surface area contributed by atoms with Crippen molar-refractivity contribution in [2.75, 3.05) is 11.0 Å². The third kappa shape index (κ3) is 5.91. The van der Waals surface area contributed by atoms with Gasteiger partial charge in [0.05, 0.1) is 0 Å². The second-order valence-corrected chi connectivity index (χ2v) is 2.28. The second kappa shape index (κ2) is 10.2. The van der Waals surface area contributed by atoms with Gasteiger partial charge in [0.2, 0.25) is 0 Å². The van der Waals surface area contributed by atoms with Gasteiger partial charge in [-0.25, -0.2) is 0 Å². The van der Waals surface area contributed by atoms with Crippen LogP contribution in [-0.2, 0) is 0 Å². The minimum Gasteiger partial charge on any atom is -1.00 e. The van der Waals surface area contributed by atoms with Gasteiger partial charge < -0.3 is 18.8 Å². The zero-order chi connectivity index (χ0) is 6.53. The summed E-state index contributed by atoms with van der Waals surface area (Å²) in [6.07, 6.45) is 2.01. The minimum atomic E-state index is 0. The van der Waals surface area contributed by atoms with E-state index in [9.17, 15) is 0 Å². The molecule has 0 bridgehead atoms. The Hall–Kier alpha value is -0.840. The molecule has 1 aromatic rings. The van der Waals surface area contributed by atoms with Gasteiger partial charge in [-0.3, -0.25) is 0 Å². The van der Waals surface area contributed by atoms with Crippen LogP contribution in [0.15, 0.2) is 30.3 Å². The molecular formula is C7H9F3NS-3. The molecule has 0 heterocycles. The summed E-state index contributed by atoms with van der Waals surface area (Å²) in [6.45, 7) is 0. The average Bonchev–Trinajstić information content (AvgIpc) is 1.91. The van der Waals surface area contributed by atoms with E-state index in [1.807, 2.05) is 36.6 Å². The molecule has 0 saturated carbocycles. The van der Waals surface area contributed by atoms with E-state index in [1.165, 1.54) is 0 Å². The monoisotopic (exact) mass is 196 g/mol. The first kappa shape index (κ1) is 17.3. The lowest BCUT2D eigenvalue weighted by molar-refractivity contribution is -0.001000. The lowest BCUT2D eigenvalue weighted by atomic mass is 10.3. The summed E-state index contributed by atoms with van der Waals surface area (Å²) in [5, 5.41) is 0. The van der Waals surface area contributed by atoms with E-state index in [0.717, 1.165) is 5.69 Å². The molecule has 0 saturated heterocycles. The van der Waals surface area contributed by atoms with Gasteiger partial charge >= 0.3 is 0 Å². The zero-order valence-corrected chi connectivity index (χ0v) is 7.25. The summed E-state index contributed by atoms with van der Waals surface area (Å²) in [7, 11) is 0. The Labute approximate surface area is 73.8 Å². The van der Waals surface area contributed by atoms with Gasteiger partial charge in [0.25, 0.3) is 0 Å². The largest absolute Gasteiger partial charge is 1.00 e. The second-order valence-electron chi connectivity index (χ2n) is 1.67. The molecule has 5 heteroatoms. The Morgan fingerprint density at radius 2 is 1.50 bits per heavy atom. The topological polar surface area (TPSA) is 12.0 Å². The molecule has 0 amide bonds. The summed E-state index contributed by atoms with van der Waals surface area (Å²) in [5.74, 6) is 0. The maximum Gasteiger partial charge on any atom is 0.0439 e. The first-order valence-electron chi connectivity index (χ1n) is 2.77. The highest BCUT2D eigenvalue weighted by atomic mass is 32.2. The lowest BCUT2D eigenvalue weighted by Gasteiger charge is -1.98. The van der Waals surface area contributed by atoms with Crippen molar-refractivity contribution in [3.8, 4) is 0 Å². The fourth-order valence-corrected chi connectivity index (χ4v) is 0.996. The van der Waals surface area contributed by atoms with Crippen LogP contribution in [0.3, 0.4) is 0 Å². The Morgan fingerprint density at radius 3 is 1.92 bits per heavy atom. The number of hydrogen-bond donors (Lipinski definition) is 1. The maximum atomic E-state index is 3.12. The smallest absolute Gasteiger partial charge is 0.0439 e. The number of nitrogens with one attached hydrogen (secondary N) is 1. The summed E-state index contributed by atoms with van der Waals surface area (Å²) < 4.78 is 3.12. The Kier molecular flexibility index (Phi) is 14.6. The van der Waals surface area contributed by atoms with Crippen LogP contribution in [0.4, 0.5) is 5.69 Å². The van der Waals surface area contributed by atoms with E-state index in [0.29, 0.717) is 0 Å². The Bertz CT molecular complexity index is 172. The number of hydrogen-bond acceptors (Lipinski definition) is 2. The quantitative estimate of drug-likeness (QED) is 0.472. The molecule has 0 atom stereocenters. The summed E-state index contributed by atoms with van der Waals surface area (Å²) in [4.78, 5) is 0. The van der Waals surface area contributed by atoms with Gasteiger partial charge in [-0.15, -0.1) is 0 Å². The van der Waals surface area contributed by atoms with Crippen LogP contribution in [0.1, 0.15) is 0 Å². The summed E-state index contributed by atoms with van der Waals surface area (Å²) in [6, 6.07) is 10.1. The SMILES string of the molecule is CSNc1ccccc1.[F-].[F-].[F-]. The van der Waals surface area contributed by atoms with E-state index >= 15 is 0 Å². The van der Waals surface area contributed by atoms with Crippen LogP contribution in [0, 0.1) is 0 Å². The maximum absolute atomic E-state index is 3.12. The third-order valence-electron chi connectivity index (χ3n) is 0.994. The average molecular weight is 196 g/mol.